The summed E-state index contributed by atoms with van der Waals surface area (Å²) in [5.74, 6) is 1.09. The molecular weight excluding hydrogens is 349 g/mol. The Labute approximate surface area is 128 Å². The lowest BCUT2D eigenvalue weighted by Gasteiger charge is -2.21. The van der Waals surface area contributed by atoms with Crippen LogP contribution in [-0.4, -0.2) is 16.1 Å². The minimum absolute atomic E-state index is 0.159. The summed E-state index contributed by atoms with van der Waals surface area (Å²) in [6, 6.07) is 6.63. The molecule has 1 aromatic carbocycles. The number of halogens is 1. The van der Waals surface area contributed by atoms with Crippen LogP contribution >= 0.6 is 22.6 Å². The number of hydrogen-bond donors (Lipinski definition) is 1. The lowest BCUT2D eigenvalue weighted by Crippen LogP contribution is -2.26. The predicted octanol–water partition coefficient (Wildman–Crippen LogP) is 3.51. The highest BCUT2D eigenvalue weighted by molar-refractivity contribution is 14.1. The predicted molar refractivity (Wildman–Crippen MR) is 87.3 cm³/mol. The Morgan fingerprint density at radius 2 is 2.16 bits per heavy atom. The molecule has 0 saturated carbocycles. The molecular formula is C15H20IN3. The topological polar surface area (TPSA) is 29.9 Å². The fourth-order valence-electron chi connectivity index (χ4n) is 2.29. The van der Waals surface area contributed by atoms with Gasteiger partial charge in [-0.2, -0.15) is 0 Å². The lowest BCUT2D eigenvalue weighted by atomic mass is 10.0. The number of rotatable bonds is 5. The molecule has 0 aliphatic carbocycles. The van der Waals surface area contributed by atoms with Crippen LogP contribution in [0.15, 0.2) is 30.6 Å². The number of hydrogen-bond acceptors (Lipinski definition) is 2. The quantitative estimate of drug-likeness (QED) is 0.818. The average molecular weight is 369 g/mol. The normalized spacial score (nSPS) is 12.6. The Bertz CT molecular complexity index is 548. The highest BCUT2D eigenvalue weighted by atomic mass is 127. The summed E-state index contributed by atoms with van der Waals surface area (Å²) in [7, 11) is 0. The van der Waals surface area contributed by atoms with E-state index in [1.54, 1.807) is 0 Å². The molecule has 1 N–H and O–H groups in total. The first-order valence-corrected chi connectivity index (χ1v) is 7.76. The number of imidazole rings is 1. The van der Waals surface area contributed by atoms with Crippen molar-refractivity contribution in [3.63, 3.8) is 0 Å². The highest BCUT2D eigenvalue weighted by Crippen LogP contribution is 2.27. The van der Waals surface area contributed by atoms with Crippen molar-refractivity contribution in [1.29, 1.82) is 0 Å². The van der Waals surface area contributed by atoms with Gasteiger partial charge >= 0.3 is 0 Å². The van der Waals surface area contributed by atoms with Gasteiger partial charge in [-0.15, -0.1) is 0 Å². The molecule has 0 aliphatic rings. The van der Waals surface area contributed by atoms with Gasteiger partial charge in [-0.25, -0.2) is 4.98 Å². The van der Waals surface area contributed by atoms with Crippen LogP contribution in [0, 0.1) is 10.5 Å². The second-order valence-electron chi connectivity index (χ2n) is 4.54. The largest absolute Gasteiger partial charge is 0.334 e. The van der Waals surface area contributed by atoms with E-state index in [4.69, 9.17) is 0 Å². The number of aromatic nitrogens is 2. The molecule has 19 heavy (non-hydrogen) atoms. The summed E-state index contributed by atoms with van der Waals surface area (Å²) in [6.07, 6.45) is 3.92. The van der Waals surface area contributed by atoms with Crippen molar-refractivity contribution < 1.29 is 0 Å². The Morgan fingerprint density at radius 1 is 1.37 bits per heavy atom. The average Bonchev–Trinajstić information content (AvgIpc) is 2.88. The van der Waals surface area contributed by atoms with E-state index in [9.17, 15) is 0 Å². The molecule has 2 aromatic rings. The third-order valence-electron chi connectivity index (χ3n) is 3.29. The summed E-state index contributed by atoms with van der Waals surface area (Å²) in [4.78, 5) is 4.55. The smallest absolute Gasteiger partial charge is 0.130 e. The summed E-state index contributed by atoms with van der Waals surface area (Å²) in [6.45, 7) is 8.30. The fourth-order valence-corrected chi connectivity index (χ4v) is 2.96. The van der Waals surface area contributed by atoms with E-state index < -0.39 is 0 Å². The molecule has 1 heterocycles. The van der Waals surface area contributed by atoms with Gasteiger partial charge in [0.15, 0.2) is 0 Å². The maximum Gasteiger partial charge on any atom is 0.130 e. The van der Waals surface area contributed by atoms with E-state index in [0.29, 0.717) is 0 Å². The van der Waals surface area contributed by atoms with E-state index >= 15 is 0 Å². The Morgan fingerprint density at radius 3 is 2.84 bits per heavy atom. The second-order valence-corrected chi connectivity index (χ2v) is 5.62. The molecule has 0 amide bonds. The molecule has 1 atom stereocenters. The molecule has 102 valence electrons. The minimum Gasteiger partial charge on any atom is -0.334 e. The Balaban J connectivity index is 2.48. The third-order valence-corrected chi connectivity index (χ3v) is 4.76. The van der Waals surface area contributed by atoms with Crippen LogP contribution in [0.4, 0.5) is 0 Å². The second kappa shape index (κ2) is 6.52. The summed E-state index contributed by atoms with van der Waals surface area (Å²) >= 11 is 2.43. The van der Waals surface area contributed by atoms with Gasteiger partial charge < -0.3 is 9.88 Å². The van der Waals surface area contributed by atoms with Gasteiger partial charge in [0, 0.05) is 22.5 Å². The van der Waals surface area contributed by atoms with Gasteiger partial charge in [0.25, 0.3) is 0 Å². The fraction of sp³-hybridized carbons (Fsp3) is 0.400. The van der Waals surface area contributed by atoms with Crippen LogP contribution < -0.4 is 5.32 Å². The summed E-state index contributed by atoms with van der Waals surface area (Å²) in [5.41, 5.74) is 2.62. The van der Waals surface area contributed by atoms with Crippen LogP contribution in [0.2, 0.25) is 0 Å². The maximum atomic E-state index is 4.55. The van der Waals surface area contributed by atoms with Crippen molar-refractivity contribution in [2.75, 3.05) is 6.54 Å². The molecule has 1 aromatic heterocycles. The van der Waals surface area contributed by atoms with Crippen molar-refractivity contribution >= 4 is 22.6 Å². The van der Waals surface area contributed by atoms with Gasteiger partial charge in [-0.3, -0.25) is 0 Å². The molecule has 4 heteroatoms. The Hall–Kier alpha value is -0.880. The molecule has 3 nitrogen and oxygen atoms in total. The van der Waals surface area contributed by atoms with Gasteiger partial charge in [-0.05, 0) is 54.1 Å². The standard InChI is InChI=1S/C15H20IN3/c1-4-17-14(15-18-9-10-19(15)5-2)12-8-6-7-11(3)13(12)16/h6-10,14,17H,4-5H2,1-3H3. The zero-order chi connectivity index (χ0) is 13.8. The van der Waals surface area contributed by atoms with Crippen LogP contribution in [-0.2, 0) is 6.54 Å². The SMILES string of the molecule is CCNC(c1cccc(C)c1I)c1nccn1CC. The molecule has 0 radical (unpaired) electrons. The number of benzene rings is 1. The number of aryl methyl sites for hydroxylation is 2. The number of nitrogens with zero attached hydrogens (tertiary/aromatic N) is 2. The van der Waals surface area contributed by atoms with Crippen LogP contribution in [0.25, 0.3) is 0 Å². The minimum atomic E-state index is 0.159. The third kappa shape index (κ3) is 3.00. The van der Waals surface area contributed by atoms with Crippen molar-refractivity contribution in [2.24, 2.45) is 0 Å². The molecule has 2 rings (SSSR count). The van der Waals surface area contributed by atoms with Crippen molar-refractivity contribution in [1.82, 2.24) is 14.9 Å². The molecule has 0 aliphatic heterocycles. The van der Waals surface area contributed by atoms with Gasteiger partial charge in [0.2, 0.25) is 0 Å². The highest BCUT2D eigenvalue weighted by Gasteiger charge is 2.20. The zero-order valence-corrected chi connectivity index (χ0v) is 13.8. The first-order chi connectivity index (χ1) is 9.19. The van der Waals surface area contributed by atoms with Gasteiger partial charge in [0.1, 0.15) is 5.82 Å². The first kappa shape index (κ1) is 14.5. The van der Waals surface area contributed by atoms with Crippen molar-refractivity contribution in [3.8, 4) is 0 Å². The number of nitrogens with one attached hydrogen (secondary N) is 1. The van der Waals surface area contributed by atoms with Crippen LogP contribution in [0.1, 0.15) is 36.8 Å². The van der Waals surface area contributed by atoms with Crippen molar-refractivity contribution in [3.05, 3.63) is 51.1 Å². The zero-order valence-electron chi connectivity index (χ0n) is 11.7. The van der Waals surface area contributed by atoms with E-state index in [2.05, 4.69) is 76.4 Å². The lowest BCUT2D eigenvalue weighted by molar-refractivity contribution is 0.557. The van der Waals surface area contributed by atoms with E-state index in [-0.39, 0.29) is 6.04 Å². The maximum absolute atomic E-state index is 4.55. The molecule has 0 spiro atoms. The molecule has 1 unspecified atom stereocenters. The van der Waals surface area contributed by atoms with Gasteiger partial charge in [0.05, 0.1) is 6.04 Å². The summed E-state index contributed by atoms with van der Waals surface area (Å²) < 4.78 is 3.52. The van der Waals surface area contributed by atoms with E-state index in [1.807, 2.05) is 12.4 Å². The molecule has 0 bridgehead atoms. The molecule has 0 fully saturated rings. The first-order valence-electron chi connectivity index (χ1n) is 6.68. The van der Waals surface area contributed by atoms with E-state index in [1.165, 1.54) is 14.7 Å². The Kier molecular flexibility index (Phi) is 4.99. The summed E-state index contributed by atoms with van der Waals surface area (Å²) in [5, 5.41) is 3.56. The van der Waals surface area contributed by atoms with Gasteiger partial charge in [-0.1, -0.05) is 25.1 Å². The van der Waals surface area contributed by atoms with E-state index in [0.717, 1.165) is 18.9 Å². The van der Waals surface area contributed by atoms with Crippen LogP contribution in [0.5, 0.6) is 0 Å². The van der Waals surface area contributed by atoms with Crippen LogP contribution in [0.3, 0.4) is 0 Å². The van der Waals surface area contributed by atoms with Crippen molar-refractivity contribution in [2.45, 2.75) is 33.4 Å². The monoisotopic (exact) mass is 369 g/mol. The molecule has 0 saturated heterocycles.